The van der Waals surface area contributed by atoms with Crippen molar-refractivity contribution in [3.8, 4) is 11.5 Å². The van der Waals surface area contributed by atoms with Gasteiger partial charge in [-0.1, -0.05) is 12.1 Å². The summed E-state index contributed by atoms with van der Waals surface area (Å²) in [5.74, 6) is -1.73. The summed E-state index contributed by atoms with van der Waals surface area (Å²) in [6.45, 7) is 0.709. The van der Waals surface area contributed by atoms with Crippen molar-refractivity contribution >= 4 is 27.0 Å². The van der Waals surface area contributed by atoms with Crippen molar-refractivity contribution in [3.05, 3.63) is 70.4 Å². The van der Waals surface area contributed by atoms with Gasteiger partial charge in [-0.05, 0) is 35.7 Å². The molecular formula is C19H15F2NO4S2. The van der Waals surface area contributed by atoms with Crippen LogP contribution in [0.5, 0.6) is 11.5 Å². The van der Waals surface area contributed by atoms with Crippen molar-refractivity contribution in [1.29, 1.82) is 0 Å². The first-order valence-electron chi connectivity index (χ1n) is 8.35. The van der Waals surface area contributed by atoms with Gasteiger partial charge in [0, 0.05) is 10.9 Å². The summed E-state index contributed by atoms with van der Waals surface area (Å²) < 4.78 is 66.5. The van der Waals surface area contributed by atoms with E-state index in [0.717, 1.165) is 21.3 Å². The third-order valence-corrected chi connectivity index (χ3v) is 6.83. The van der Waals surface area contributed by atoms with Gasteiger partial charge in [0.05, 0.1) is 12.2 Å². The fourth-order valence-electron chi connectivity index (χ4n) is 2.85. The molecule has 0 saturated carbocycles. The molecular weight excluding hydrogens is 408 g/mol. The van der Waals surface area contributed by atoms with E-state index in [0.29, 0.717) is 24.7 Å². The molecule has 0 unspecified atom stereocenters. The lowest BCUT2D eigenvalue weighted by Crippen LogP contribution is -2.31. The van der Waals surface area contributed by atoms with Gasteiger partial charge in [-0.15, -0.1) is 11.3 Å². The predicted molar refractivity (Wildman–Crippen MR) is 101 cm³/mol. The zero-order valence-corrected chi connectivity index (χ0v) is 16.1. The van der Waals surface area contributed by atoms with Gasteiger partial charge in [-0.3, -0.25) is 4.31 Å². The number of halogens is 2. The number of fused-ring (bicyclic) bond motifs is 1. The first-order valence-corrected chi connectivity index (χ1v) is 10.7. The predicted octanol–water partition coefficient (Wildman–Crippen LogP) is 4.19. The Kier molecular flexibility index (Phi) is 4.94. The molecule has 0 amide bonds. The zero-order valence-electron chi connectivity index (χ0n) is 14.5. The first kappa shape index (κ1) is 18.7. The van der Waals surface area contributed by atoms with E-state index in [1.807, 2.05) is 5.38 Å². The highest BCUT2D eigenvalue weighted by molar-refractivity contribution is 7.92. The monoisotopic (exact) mass is 423 g/mol. The number of nitrogens with zero attached hydrogens (tertiary/aromatic N) is 1. The van der Waals surface area contributed by atoms with E-state index >= 15 is 0 Å². The molecule has 0 fully saturated rings. The molecule has 9 heteroatoms. The second kappa shape index (κ2) is 7.40. The van der Waals surface area contributed by atoms with Gasteiger partial charge in [-0.2, -0.15) is 0 Å². The smallest absolute Gasteiger partial charge is 0.267 e. The molecule has 1 aliphatic rings. The summed E-state index contributed by atoms with van der Waals surface area (Å²) in [5.41, 5.74) is 0.265. The SMILES string of the molecule is O=S(=O)(c1cccc(F)c1F)N(Cc1cccs1)c1ccc2c(c1)OCCO2. The molecule has 2 heterocycles. The molecule has 4 rings (SSSR count). The molecule has 28 heavy (non-hydrogen) atoms. The highest BCUT2D eigenvalue weighted by atomic mass is 32.2. The topological polar surface area (TPSA) is 55.8 Å². The van der Waals surface area contributed by atoms with Crippen LogP contribution in [0.2, 0.25) is 0 Å². The van der Waals surface area contributed by atoms with Crippen molar-refractivity contribution in [3.63, 3.8) is 0 Å². The van der Waals surface area contributed by atoms with Crippen LogP contribution in [0.3, 0.4) is 0 Å². The maximum atomic E-state index is 14.3. The number of hydrogen-bond donors (Lipinski definition) is 0. The van der Waals surface area contributed by atoms with Crippen LogP contribution in [0.1, 0.15) is 4.88 Å². The standard InChI is InChI=1S/C19H15F2NO4S2/c20-15-4-1-5-18(19(15)21)28(23,24)22(12-14-3-2-10-27-14)13-6-7-16-17(11-13)26-9-8-25-16/h1-7,10-11H,8-9,12H2. The van der Waals surface area contributed by atoms with Crippen molar-refractivity contribution in [2.24, 2.45) is 0 Å². The van der Waals surface area contributed by atoms with Crippen molar-refractivity contribution < 1.29 is 26.7 Å². The molecule has 3 aromatic rings. The number of anilines is 1. The van der Waals surface area contributed by atoms with E-state index in [1.54, 1.807) is 24.3 Å². The van der Waals surface area contributed by atoms with Gasteiger partial charge in [0.15, 0.2) is 23.1 Å². The van der Waals surface area contributed by atoms with Crippen LogP contribution in [0.15, 0.2) is 58.8 Å². The highest BCUT2D eigenvalue weighted by Crippen LogP contribution is 2.37. The highest BCUT2D eigenvalue weighted by Gasteiger charge is 2.30. The Morgan fingerprint density at radius 3 is 2.54 bits per heavy atom. The van der Waals surface area contributed by atoms with Crippen LogP contribution in [-0.4, -0.2) is 21.6 Å². The van der Waals surface area contributed by atoms with Crippen LogP contribution in [0.4, 0.5) is 14.5 Å². The van der Waals surface area contributed by atoms with Gasteiger partial charge in [0.2, 0.25) is 0 Å². The maximum Gasteiger partial charge on any atom is 0.267 e. The Labute approximate surface area is 164 Å². The summed E-state index contributed by atoms with van der Waals surface area (Å²) >= 11 is 1.36. The minimum atomic E-state index is -4.38. The molecule has 0 aliphatic carbocycles. The lowest BCUT2D eigenvalue weighted by Gasteiger charge is -2.26. The van der Waals surface area contributed by atoms with Crippen LogP contribution in [0.25, 0.3) is 0 Å². The summed E-state index contributed by atoms with van der Waals surface area (Å²) in [7, 11) is -4.38. The second-order valence-electron chi connectivity index (χ2n) is 5.97. The van der Waals surface area contributed by atoms with Gasteiger partial charge in [0.1, 0.15) is 18.1 Å². The van der Waals surface area contributed by atoms with Crippen LogP contribution < -0.4 is 13.8 Å². The Bertz CT molecular complexity index is 1100. The Hall–Kier alpha value is -2.65. The normalized spacial score (nSPS) is 13.4. The second-order valence-corrected chi connectivity index (χ2v) is 8.83. The summed E-state index contributed by atoms with van der Waals surface area (Å²) in [4.78, 5) is 0.0224. The van der Waals surface area contributed by atoms with Gasteiger partial charge >= 0.3 is 0 Å². The quantitative estimate of drug-likeness (QED) is 0.618. The average molecular weight is 423 g/mol. The first-order chi connectivity index (χ1) is 13.5. The maximum absolute atomic E-state index is 14.3. The lowest BCUT2D eigenvalue weighted by molar-refractivity contribution is 0.171. The molecule has 0 atom stereocenters. The van der Waals surface area contributed by atoms with Gasteiger partial charge in [-0.25, -0.2) is 17.2 Å². The minimum absolute atomic E-state index is 0.0321. The largest absolute Gasteiger partial charge is 0.486 e. The number of sulfonamides is 1. The number of benzene rings is 2. The van der Waals surface area contributed by atoms with E-state index in [9.17, 15) is 17.2 Å². The fraction of sp³-hybridized carbons (Fsp3) is 0.158. The summed E-state index contributed by atoms with van der Waals surface area (Å²) in [6, 6.07) is 11.3. The van der Waals surface area contributed by atoms with Crippen LogP contribution in [-0.2, 0) is 16.6 Å². The molecule has 0 saturated heterocycles. The number of thiophene rings is 1. The molecule has 1 aliphatic heterocycles. The number of rotatable bonds is 5. The molecule has 1 aromatic heterocycles. The third-order valence-electron chi connectivity index (χ3n) is 4.18. The van der Waals surface area contributed by atoms with E-state index < -0.39 is 26.6 Å². The summed E-state index contributed by atoms with van der Waals surface area (Å²) in [6.07, 6.45) is 0. The number of hydrogen-bond acceptors (Lipinski definition) is 5. The Morgan fingerprint density at radius 1 is 1.00 bits per heavy atom. The molecule has 0 spiro atoms. The Morgan fingerprint density at radius 2 is 1.79 bits per heavy atom. The van der Waals surface area contributed by atoms with E-state index in [2.05, 4.69) is 0 Å². The van der Waals surface area contributed by atoms with Crippen LogP contribution in [0, 0.1) is 11.6 Å². The zero-order chi connectivity index (χ0) is 19.7. The lowest BCUT2D eigenvalue weighted by atomic mass is 10.2. The van der Waals surface area contributed by atoms with Gasteiger partial charge in [0.25, 0.3) is 10.0 Å². The molecule has 146 valence electrons. The minimum Gasteiger partial charge on any atom is -0.486 e. The van der Waals surface area contributed by atoms with E-state index in [-0.39, 0.29) is 12.2 Å². The molecule has 5 nitrogen and oxygen atoms in total. The van der Waals surface area contributed by atoms with E-state index in [1.165, 1.54) is 23.5 Å². The van der Waals surface area contributed by atoms with Gasteiger partial charge < -0.3 is 9.47 Å². The fourth-order valence-corrected chi connectivity index (χ4v) is 5.13. The summed E-state index contributed by atoms with van der Waals surface area (Å²) in [5, 5.41) is 1.81. The molecule has 2 aromatic carbocycles. The average Bonchev–Trinajstić information content (AvgIpc) is 3.21. The molecule has 0 N–H and O–H groups in total. The third kappa shape index (κ3) is 3.43. The molecule has 0 bridgehead atoms. The van der Waals surface area contributed by atoms with Crippen molar-refractivity contribution in [1.82, 2.24) is 0 Å². The number of ether oxygens (including phenoxy) is 2. The Balaban J connectivity index is 1.83. The van der Waals surface area contributed by atoms with Crippen molar-refractivity contribution in [2.75, 3.05) is 17.5 Å². The van der Waals surface area contributed by atoms with E-state index in [4.69, 9.17) is 9.47 Å². The van der Waals surface area contributed by atoms with Crippen molar-refractivity contribution in [2.45, 2.75) is 11.4 Å². The molecule has 0 radical (unpaired) electrons. The van der Waals surface area contributed by atoms with Crippen LogP contribution >= 0.6 is 11.3 Å².